The molecule has 12 heteroatoms. The number of primary amides is 1. The SMILES string of the molecule is CC(C)CC(NC(=O)C(CCC(=O)O)NC(=O)C(C(C)C)N1CCCC1=O)C(=O)NCC(N)=O. The van der Waals surface area contributed by atoms with Gasteiger partial charge in [-0.3, -0.25) is 28.8 Å². The van der Waals surface area contributed by atoms with Gasteiger partial charge in [0.2, 0.25) is 29.5 Å². The molecule has 34 heavy (non-hydrogen) atoms. The average molecular weight is 484 g/mol. The molecule has 1 aliphatic heterocycles. The molecular formula is C22H37N5O7. The van der Waals surface area contributed by atoms with E-state index in [4.69, 9.17) is 10.8 Å². The van der Waals surface area contributed by atoms with E-state index in [2.05, 4.69) is 16.0 Å². The lowest BCUT2D eigenvalue weighted by Gasteiger charge is -2.31. The van der Waals surface area contributed by atoms with Crippen LogP contribution in [-0.2, 0) is 28.8 Å². The third-order valence-corrected chi connectivity index (χ3v) is 5.40. The standard InChI is InChI=1S/C22H37N5O7/c1-12(2)10-15(20(32)24-11-16(23)28)26-21(33)14(7-8-18(30)31)25-22(34)19(13(3)4)27-9-5-6-17(27)29/h12-15,19H,5-11H2,1-4H3,(H2,23,28)(H,24,32)(H,25,34)(H,26,33)(H,30,31). The number of aliphatic carboxylic acids is 1. The first-order valence-corrected chi connectivity index (χ1v) is 11.5. The van der Waals surface area contributed by atoms with E-state index < -0.39 is 60.7 Å². The highest BCUT2D eigenvalue weighted by Gasteiger charge is 2.37. The van der Waals surface area contributed by atoms with Crippen molar-refractivity contribution in [2.75, 3.05) is 13.1 Å². The maximum Gasteiger partial charge on any atom is 0.303 e. The highest BCUT2D eigenvalue weighted by molar-refractivity contribution is 5.95. The molecule has 0 aromatic heterocycles. The summed E-state index contributed by atoms with van der Waals surface area (Å²) in [6.45, 7) is 7.27. The van der Waals surface area contributed by atoms with Crippen LogP contribution in [0.3, 0.4) is 0 Å². The van der Waals surface area contributed by atoms with E-state index >= 15 is 0 Å². The lowest BCUT2D eigenvalue weighted by atomic mass is 10.00. The Bertz CT molecular complexity index is 784. The number of nitrogens with one attached hydrogen (secondary N) is 3. The van der Waals surface area contributed by atoms with Crippen LogP contribution < -0.4 is 21.7 Å². The number of nitrogens with zero attached hydrogens (tertiary/aromatic N) is 1. The summed E-state index contributed by atoms with van der Waals surface area (Å²) in [6, 6.07) is -3.06. The molecule has 3 unspecified atom stereocenters. The first-order chi connectivity index (χ1) is 15.8. The highest BCUT2D eigenvalue weighted by Crippen LogP contribution is 2.20. The van der Waals surface area contributed by atoms with Crippen molar-refractivity contribution in [3.05, 3.63) is 0 Å². The molecule has 1 aliphatic rings. The summed E-state index contributed by atoms with van der Waals surface area (Å²) >= 11 is 0. The number of carbonyl (C=O) groups is 6. The van der Waals surface area contributed by atoms with Gasteiger partial charge in [-0.05, 0) is 31.1 Å². The molecule has 0 spiro atoms. The lowest BCUT2D eigenvalue weighted by molar-refractivity contribution is -0.141. The molecule has 3 atom stereocenters. The van der Waals surface area contributed by atoms with Crippen molar-refractivity contribution in [1.29, 1.82) is 0 Å². The Kier molecular flexibility index (Phi) is 11.5. The summed E-state index contributed by atoms with van der Waals surface area (Å²) in [7, 11) is 0. The zero-order chi connectivity index (χ0) is 26.0. The third-order valence-electron chi connectivity index (χ3n) is 5.40. The van der Waals surface area contributed by atoms with Gasteiger partial charge >= 0.3 is 5.97 Å². The van der Waals surface area contributed by atoms with E-state index in [0.717, 1.165) is 0 Å². The second kappa shape index (κ2) is 13.5. The topological polar surface area (TPSA) is 188 Å². The smallest absolute Gasteiger partial charge is 0.303 e. The van der Waals surface area contributed by atoms with Crippen molar-refractivity contribution < 1.29 is 33.9 Å². The molecule has 1 rings (SSSR count). The molecule has 5 amide bonds. The fourth-order valence-electron chi connectivity index (χ4n) is 3.83. The van der Waals surface area contributed by atoms with Crippen molar-refractivity contribution in [1.82, 2.24) is 20.9 Å². The minimum Gasteiger partial charge on any atom is -0.481 e. The Labute approximate surface area is 199 Å². The van der Waals surface area contributed by atoms with Gasteiger partial charge in [0.25, 0.3) is 0 Å². The Morgan fingerprint density at radius 3 is 2.09 bits per heavy atom. The molecule has 0 bridgehead atoms. The van der Waals surface area contributed by atoms with Crippen molar-refractivity contribution in [2.45, 2.75) is 77.9 Å². The highest BCUT2D eigenvalue weighted by atomic mass is 16.4. The minimum atomic E-state index is -1.24. The molecule has 0 aliphatic carbocycles. The van der Waals surface area contributed by atoms with Gasteiger partial charge in [-0.25, -0.2) is 0 Å². The molecule has 6 N–H and O–H groups in total. The summed E-state index contributed by atoms with van der Waals surface area (Å²) in [5.74, 6) is -4.19. The van der Waals surface area contributed by atoms with E-state index in [0.29, 0.717) is 19.4 Å². The van der Waals surface area contributed by atoms with Crippen LogP contribution >= 0.6 is 0 Å². The maximum absolute atomic E-state index is 13.1. The number of nitrogens with two attached hydrogens (primary N) is 1. The number of rotatable bonds is 14. The predicted octanol–water partition coefficient (Wildman–Crippen LogP) is -0.885. The third kappa shape index (κ3) is 9.36. The number of amides is 5. The van der Waals surface area contributed by atoms with Gasteiger partial charge in [-0.2, -0.15) is 0 Å². The summed E-state index contributed by atoms with van der Waals surface area (Å²) in [4.78, 5) is 74.4. The second-order valence-corrected chi connectivity index (χ2v) is 9.25. The minimum absolute atomic E-state index is 0.00295. The lowest BCUT2D eigenvalue weighted by Crippen LogP contribution is -2.58. The van der Waals surface area contributed by atoms with Gasteiger partial charge in [0, 0.05) is 19.4 Å². The van der Waals surface area contributed by atoms with Crippen LogP contribution in [0.15, 0.2) is 0 Å². The molecule has 12 nitrogen and oxygen atoms in total. The molecular weight excluding hydrogens is 446 g/mol. The summed E-state index contributed by atoms with van der Waals surface area (Å²) in [5.41, 5.74) is 5.06. The Morgan fingerprint density at radius 1 is 1.00 bits per heavy atom. The van der Waals surface area contributed by atoms with Gasteiger partial charge in [-0.15, -0.1) is 0 Å². The van der Waals surface area contributed by atoms with Crippen LogP contribution in [0.5, 0.6) is 0 Å². The van der Waals surface area contributed by atoms with E-state index in [1.165, 1.54) is 4.90 Å². The number of hydrogen-bond acceptors (Lipinski definition) is 6. The van der Waals surface area contributed by atoms with Gasteiger partial charge in [-0.1, -0.05) is 27.7 Å². The number of carboxylic acids is 1. The fraction of sp³-hybridized carbons (Fsp3) is 0.727. The molecule has 0 aromatic carbocycles. The Morgan fingerprint density at radius 2 is 1.62 bits per heavy atom. The second-order valence-electron chi connectivity index (χ2n) is 9.25. The fourth-order valence-corrected chi connectivity index (χ4v) is 3.83. The molecule has 1 fully saturated rings. The summed E-state index contributed by atoms with van der Waals surface area (Å²) < 4.78 is 0. The van der Waals surface area contributed by atoms with E-state index in [9.17, 15) is 28.8 Å². The first-order valence-electron chi connectivity index (χ1n) is 11.5. The van der Waals surface area contributed by atoms with Crippen molar-refractivity contribution in [2.24, 2.45) is 17.6 Å². The average Bonchev–Trinajstić information content (AvgIpc) is 3.13. The first kappa shape index (κ1) is 28.9. The van der Waals surface area contributed by atoms with Crippen LogP contribution in [0.1, 0.15) is 59.8 Å². The number of likely N-dealkylation sites (tertiary alicyclic amines) is 1. The van der Waals surface area contributed by atoms with Gasteiger partial charge in [0.15, 0.2) is 0 Å². The summed E-state index contributed by atoms with van der Waals surface area (Å²) in [5, 5.41) is 16.6. The van der Waals surface area contributed by atoms with Crippen LogP contribution in [0.2, 0.25) is 0 Å². The zero-order valence-corrected chi connectivity index (χ0v) is 20.3. The van der Waals surface area contributed by atoms with Crippen molar-refractivity contribution >= 4 is 35.5 Å². The van der Waals surface area contributed by atoms with Crippen LogP contribution in [0.25, 0.3) is 0 Å². The number of hydrogen-bond donors (Lipinski definition) is 5. The van der Waals surface area contributed by atoms with E-state index in [-0.39, 0.29) is 30.6 Å². The zero-order valence-electron chi connectivity index (χ0n) is 20.3. The van der Waals surface area contributed by atoms with Crippen molar-refractivity contribution in [3.8, 4) is 0 Å². The van der Waals surface area contributed by atoms with Crippen LogP contribution in [-0.4, -0.2) is 76.7 Å². The Balaban J connectivity index is 3.03. The molecule has 0 radical (unpaired) electrons. The van der Waals surface area contributed by atoms with Crippen molar-refractivity contribution in [3.63, 3.8) is 0 Å². The molecule has 1 saturated heterocycles. The van der Waals surface area contributed by atoms with E-state index in [1.54, 1.807) is 13.8 Å². The molecule has 1 heterocycles. The normalized spacial score (nSPS) is 16.2. The monoisotopic (exact) mass is 483 g/mol. The number of carbonyl (C=O) groups excluding carboxylic acids is 5. The van der Waals surface area contributed by atoms with Gasteiger partial charge in [0.05, 0.1) is 6.54 Å². The van der Waals surface area contributed by atoms with E-state index in [1.807, 2.05) is 13.8 Å². The Hall–Kier alpha value is -3.18. The molecule has 192 valence electrons. The van der Waals surface area contributed by atoms with Crippen LogP contribution in [0, 0.1) is 11.8 Å². The predicted molar refractivity (Wildman–Crippen MR) is 122 cm³/mol. The maximum atomic E-state index is 13.1. The van der Waals surface area contributed by atoms with Crippen LogP contribution in [0.4, 0.5) is 0 Å². The largest absolute Gasteiger partial charge is 0.481 e. The quantitative estimate of drug-likeness (QED) is 0.212. The van der Waals surface area contributed by atoms with Gasteiger partial charge < -0.3 is 31.7 Å². The number of carboxylic acid groups (broad SMARTS) is 1. The summed E-state index contributed by atoms with van der Waals surface area (Å²) in [6.07, 6.45) is 0.623. The molecule has 0 aromatic rings. The van der Waals surface area contributed by atoms with Gasteiger partial charge in [0.1, 0.15) is 18.1 Å². The molecule has 0 saturated carbocycles.